The number of anilines is 1. The first-order chi connectivity index (χ1) is 13.9. The Morgan fingerprint density at radius 1 is 1.34 bits per heavy atom. The molecule has 1 aromatic carbocycles. The molecule has 1 fully saturated rings. The van der Waals surface area contributed by atoms with Gasteiger partial charge in [0.1, 0.15) is 24.7 Å². The molecule has 0 radical (unpaired) electrons. The minimum Gasteiger partial charge on any atom is -0.398 e. The number of nitrogens with one attached hydrogen (secondary N) is 3. The summed E-state index contributed by atoms with van der Waals surface area (Å²) in [5.41, 5.74) is 0.843. The number of halogens is 2. The number of aromatic nitrogens is 1. The summed E-state index contributed by atoms with van der Waals surface area (Å²) >= 11 is 12.4. The molecule has 3 amide bonds. The van der Waals surface area contributed by atoms with Crippen molar-refractivity contribution < 1.29 is 19.2 Å². The zero-order valence-corrected chi connectivity index (χ0v) is 17.3. The van der Waals surface area contributed by atoms with Crippen LogP contribution in [-0.4, -0.2) is 47.4 Å². The summed E-state index contributed by atoms with van der Waals surface area (Å²) in [5.74, 6) is -1.63. The number of amides is 3. The molecule has 2 heterocycles. The van der Waals surface area contributed by atoms with Gasteiger partial charge in [-0.05, 0) is 17.7 Å². The molecule has 1 aliphatic rings. The monoisotopic (exact) mass is 455 g/mol. The van der Waals surface area contributed by atoms with Crippen LogP contribution in [0.15, 0.2) is 34.8 Å². The number of carbonyl (C=O) groups excluding carboxylic acids is 3. The first-order valence-corrected chi connectivity index (χ1v) is 10.0. The first-order valence-electron chi connectivity index (χ1n) is 8.22. The van der Waals surface area contributed by atoms with Crippen LogP contribution in [0.3, 0.4) is 0 Å². The maximum Gasteiger partial charge on any atom is 0.276 e. The van der Waals surface area contributed by atoms with Gasteiger partial charge in [-0.3, -0.25) is 14.4 Å². The summed E-state index contributed by atoms with van der Waals surface area (Å²) < 4.78 is 0. The van der Waals surface area contributed by atoms with Gasteiger partial charge in [0, 0.05) is 10.4 Å². The lowest BCUT2D eigenvalue weighted by Gasteiger charge is -2.37. The van der Waals surface area contributed by atoms with Crippen LogP contribution in [-0.2, 0) is 19.2 Å². The van der Waals surface area contributed by atoms with Gasteiger partial charge < -0.3 is 20.8 Å². The number of oxime groups is 1. The summed E-state index contributed by atoms with van der Waals surface area (Å²) in [6.07, 6.45) is 0. The van der Waals surface area contributed by atoms with Gasteiger partial charge in [0.2, 0.25) is 11.8 Å². The molecule has 0 spiro atoms. The number of hydrogen-bond donors (Lipinski definition) is 3. The van der Waals surface area contributed by atoms with E-state index in [-0.39, 0.29) is 28.3 Å². The number of β-lactam (4-membered cyclic amide) rings is 1. The van der Waals surface area contributed by atoms with Crippen molar-refractivity contribution in [3.05, 3.63) is 45.9 Å². The van der Waals surface area contributed by atoms with Crippen molar-refractivity contribution in [1.29, 1.82) is 0 Å². The fourth-order valence-corrected chi connectivity index (χ4v) is 3.48. The van der Waals surface area contributed by atoms with E-state index in [0.717, 1.165) is 16.9 Å². The normalized spacial score (nSPS) is 18.4. The smallest absolute Gasteiger partial charge is 0.276 e. The molecule has 12 heteroatoms. The minimum atomic E-state index is -0.792. The zero-order valence-electron chi connectivity index (χ0n) is 14.9. The van der Waals surface area contributed by atoms with E-state index in [0.29, 0.717) is 5.02 Å². The van der Waals surface area contributed by atoms with Gasteiger partial charge >= 0.3 is 0 Å². The van der Waals surface area contributed by atoms with Crippen molar-refractivity contribution in [1.82, 2.24) is 15.6 Å². The van der Waals surface area contributed by atoms with Crippen molar-refractivity contribution in [3.63, 3.8) is 0 Å². The number of rotatable bonds is 7. The van der Waals surface area contributed by atoms with E-state index in [2.05, 4.69) is 26.1 Å². The second-order valence-electron chi connectivity index (χ2n) is 5.83. The molecule has 3 N–H and O–H groups in total. The van der Waals surface area contributed by atoms with Crippen molar-refractivity contribution in [3.8, 4) is 0 Å². The highest BCUT2D eigenvalue weighted by Gasteiger charge is 2.42. The van der Waals surface area contributed by atoms with E-state index in [1.807, 2.05) is 0 Å². The van der Waals surface area contributed by atoms with E-state index in [9.17, 15) is 14.4 Å². The number of thiazole rings is 1. The molecule has 29 heavy (non-hydrogen) atoms. The van der Waals surface area contributed by atoms with Crippen LogP contribution >= 0.6 is 34.5 Å². The molecule has 0 saturated carbocycles. The second-order valence-corrected chi connectivity index (χ2v) is 7.39. The van der Waals surface area contributed by atoms with Crippen LogP contribution in [0.25, 0.3) is 0 Å². The molecular formula is C17H15Cl2N5O4S. The number of carbonyl (C=O) groups is 3. The highest BCUT2D eigenvalue weighted by molar-refractivity contribution is 7.14. The Hall–Kier alpha value is -2.69. The summed E-state index contributed by atoms with van der Waals surface area (Å²) in [6, 6.07) is 5.74. The zero-order chi connectivity index (χ0) is 21.0. The lowest BCUT2D eigenvalue weighted by Crippen LogP contribution is -2.64. The molecule has 1 aromatic heterocycles. The molecule has 0 aliphatic carbocycles. The van der Waals surface area contributed by atoms with Crippen LogP contribution in [0.2, 0.25) is 5.02 Å². The molecule has 0 bridgehead atoms. The largest absolute Gasteiger partial charge is 0.398 e. The standard InChI is InChI=1S/C17H15Cl2N5O4S/c1-28-24-13(10-7-29-17(20-10)21-11(25)6-18)15(26)23-14-12(22-16(14)27)8-2-4-9(19)5-3-8/h2-5,7,12,14H,6H2,1H3,(H,22,27)(H,23,26)(H,20,21,25)/b24-13-/t12-,14+/m0/s1. The number of nitrogens with zero attached hydrogens (tertiary/aromatic N) is 2. The molecule has 0 unspecified atom stereocenters. The minimum absolute atomic E-state index is 0.135. The van der Waals surface area contributed by atoms with E-state index < -0.39 is 23.9 Å². The van der Waals surface area contributed by atoms with Gasteiger partial charge in [-0.1, -0.05) is 28.9 Å². The van der Waals surface area contributed by atoms with Crippen LogP contribution in [0.5, 0.6) is 0 Å². The van der Waals surface area contributed by atoms with Gasteiger partial charge in [0.05, 0.1) is 6.04 Å². The highest BCUT2D eigenvalue weighted by Crippen LogP contribution is 2.26. The summed E-state index contributed by atoms with van der Waals surface area (Å²) in [6.45, 7) is 0. The SMILES string of the molecule is CO/N=C(\C(=O)N[C@H]1C(=O)N[C@H]1c1ccc(Cl)cc1)c1csc(NC(=O)CCl)n1. The van der Waals surface area contributed by atoms with E-state index in [4.69, 9.17) is 28.0 Å². The number of hydrogen-bond acceptors (Lipinski definition) is 7. The van der Waals surface area contributed by atoms with Gasteiger partial charge in [-0.15, -0.1) is 22.9 Å². The van der Waals surface area contributed by atoms with Crippen molar-refractivity contribution in [2.24, 2.45) is 5.16 Å². The molecule has 2 atom stereocenters. The van der Waals surface area contributed by atoms with Gasteiger partial charge in [-0.25, -0.2) is 4.98 Å². The molecule has 152 valence electrons. The lowest BCUT2D eigenvalue weighted by atomic mass is 9.91. The lowest BCUT2D eigenvalue weighted by molar-refractivity contribution is -0.134. The average molecular weight is 456 g/mol. The van der Waals surface area contributed by atoms with Gasteiger partial charge in [-0.2, -0.15) is 0 Å². The second kappa shape index (κ2) is 9.21. The Kier molecular flexibility index (Phi) is 6.68. The highest BCUT2D eigenvalue weighted by atomic mass is 35.5. The average Bonchev–Trinajstić information content (AvgIpc) is 3.16. The van der Waals surface area contributed by atoms with Crippen LogP contribution < -0.4 is 16.0 Å². The third-order valence-electron chi connectivity index (χ3n) is 3.94. The first kappa shape index (κ1) is 21.0. The van der Waals surface area contributed by atoms with E-state index >= 15 is 0 Å². The van der Waals surface area contributed by atoms with Crippen molar-refractivity contribution in [2.75, 3.05) is 18.3 Å². The summed E-state index contributed by atoms with van der Waals surface area (Å²) in [4.78, 5) is 45.0. The number of alkyl halides is 1. The topological polar surface area (TPSA) is 122 Å². The Morgan fingerprint density at radius 2 is 2.07 bits per heavy atom. The number of benzene rings is 1. The van der Waals surface area contributed by atoms with Crippen molar-refractivity contribution in [2.45, 2.75) is 12.1 Å². The molecule has 2 aromatic rings. The summed E-state index contributed by atoms with van der Waals surface area (Å²) in [5, 5.41) is 13.9. The quantitative estimate of drug-likeness (QED) is 0.253. The molecule has 3 rings (SSSR count). The maximum atomic E-state index is 12.7. The van der Waals surface area contributed by atoms with E-state index in [1.165, 1.54) is 12.5 Å². The predicted molar refractivity (Wildman–Crippen MR) is 109 cm³/mol. The molecule has 9 nitrogen and oxygen atoms in total. The third kappa shape index (κ3) is 4.84. The van der Waals surface area contributed by atoms with Gasteiger partial charge in [0.15, 0.2) is 10.8 Å². The maximum absolute atomic E-state index is 12.7. The Balaban J connectivity index is 1.74. The van der Waals surface area contributed by atoms with Crippen LogP contribution in [0.1, 0.15) is 17.3 Å². The van der Waals surface area contributed by atoms with Crippen LogP contribution in [0.4, 0.5) is 5.13 Å². The van der Waals surface area contributed by atoms with Crippen molar-refractivity contribution >= 4 is 63.1 Å². The Morgan fingerprint density at radius 3 is 2.69 bits per heavy atom. The predicted octanol–water partition coefficient (Wildman–Crippen LogP) is 1.68. The molecule has 1 saturated heterocycles. The fourth-order valence-electron chi connectivity index (χ4n) is 2.57. The van der Waals surface area contributed by atoms with Gasteiger partial charge in [0.25, 0.3) is 5.91 Å². The Labute approximate surface area is 179 Å². The van der Waals surface area contributed by atoms with E-state index in [1.54, 1.807) is 24.3 Å². The Bertz CT molecular complexity index is 963. The third-order valence-corrected chi connectivity index (χ3v) is 5.19. The molecular weight excluding hydrogens is 441 g/mol. The summed E-state index contributed by atoms with van der Waals surface area (Å²) in [7, 11) is 1.28. The van der Waals surface area contributed by atoms with Crippen LogP contribution in [0, 0.1) is 0 Å². The molecule has 1 aliphatic heterocycles. The fraction of sp³-hybridized carbons (Fsp3) is 0.235.